The van der Waals surface area contributed by atoms with E-state index < -0.39 is 41.0 Å². The van der Waals surface area contributed by atoms with E-state index in [4.69, 9.17) is 21.9 Å². The molecule has 17 nitrogen and oxygen atoms in total. The van der Waals surface area contributed by atoms with Crippen molar-refractivity contribution < 1.29 is 43.1 Å². The van der Waals surface area contributed by atoms with Crippen LogP contribution in [0.15, 0.2) is 30.3 Å². The highest BCUT2D eigenvalue weighted by Gasteiger charge is 2.32. The van der Waals surface area contributed by atoms with E-state index in [0.717, 1.165) is 23.8 Å². The first-order valence-electron chi connectivity index (χ1n) is 26.5. The lowest BCUT2D eigenvalue weighted by atomic mass is 9.78. The van der Waals surface area contributed by atoms with Gasteiger partial charge >= 0.3 is 6.09 Å². The number of rotatable bonds is 23. The highest BCUT2D eigenvalue weighted by Crippen LogP contribution is 2.26. The molecule has 1 aromatic carbocycles. The zero-order chi connectivity index (χ0) is 58.8. The summed E-state index contributed by atoms with van der Waals surface area (Å²) in [6, 6.07) is 8.69. The van der Waals surface area contributed by atoms with Crippen molar-refractivity contribution in [3.05, 3.63) is 35.9 Å². The van der Waals surface area contributed by atoms with E-state index in [1.807, 2.05) is 106 Å². The average Bonchev–Trinajstić information content (AvgIpc) is 3.25. The minimum Gasteiger partial charge on any atom is -0.444 e. The predicted molar refractivity (Wildman–Crippen MR) is 309 cm³/mol. The maximum Gasteiger partial charge on any atom is 0.407 e. The van der Waals surface area contributed by atoms with Crippen molar-refractivity contribution in [2.24, 2.45) is 57.6 Å². The predicted octanol–water partition coefficient (Wildman–Crippen LogP) is 7.87. The Morgan fingerprint density at radius 2 is 1.00 bits per heavy atom. The van der Waals surface area contributed by atoms with Crippen LogP contribution < -0.4 is 43.8 Å². The summed E-state index contributed by atoms with van der Waals surface area (Å²) < 4.78 is 5.05. The molecular weight excluding hydrogens is 953 g/mol. The summed E-state index contributed by atoms with van der Waals surface area (Å²) in [6.45, 7) is 41.5. The van der Waals surface area contributed by atoms with Crippen LogP contribution in [0.2, 0.25) is 0 Å². The largest absolute Gasteiger partial charge is 0.444 e. The molecule has 0 aliphatic carbocycles. The molecule has 17 heteroatoms. The van der Waals surface area contributed by atoms with Crippen molar-refractivity contribution in [3.63, 3.8) is 0 Å². The molecule has 4 amide bonds. The molecule has 0 aliphatic rings. The Bertz CT molecular complexity index is 1760. The number of carbonyl (C=O) groups is 8. The van der Waals surface area contributed by atoms with Gasteiger partial charge in [-0.1, -0.05) is 142 Å². The summed E-state index contributed by atoms with van der Waals surface area (Å²) in [6.07, 6.45) is 1.80. The molecule has 0 saturated heterocycles. The van der Waals surface area contributed by atoms with Gasteiger partial charge in [-0.05, 0) is 90.7 Å². The van der Waals surface area contributed by atoms with Crippen LogP contribution in [0.3, 0.4) is 0 Å². The molecule has 0 heterocycles. The monoisotopic (exact) mass is 1060 g/mol. The van der Waals surface area contributed by atoms with Crippen molar-refractivity contribution in [1.82, 2.24) is 26.6 Å². The van der Waals surface area contributed by atoms with Crippen molar-refractivity contribution in [2.45, 2.75) is 208 Å². The maximum atomic E-state index is 12.6. The zero-order valence-electron chi connectivity index (χ0n) is 50.1. The standard InChI is InChI=1S/C19H30N2O2.C17H33N5O5.C13H25NO2.2C4H10.CH4/c1-19(2,3)18(23)15(10-7-11-20)13-17(22)16(21)12-14-8-5-4-6-9-14;1-16(2,3)22-11-14(25)21-10-13(24)20-9-12(23)18-7-8-19-15(26)27-17(4,5)6;1-8(2)11(14)10(15)7-9(3)12(16)13(4,5)6;2*1-4(2)3;/h4-6,8-9,15-16H,7,10-13,20-21H2,1-3H3;22H,7-11H2,1-6H3,(H,18,23)(H,19,26)(H,20,24)(H,21,25);8-9,11H,7,14H2,1-6H3;2*4H,1-3H3;1H4. The van der Waals surface area contributed by atoms with Crippen molar-refractivity contribution >= 4 is 46.9 Å². The van der Waals surface area contributed by atoms with Crippen LogP contribution in [0.25, 0.3) is 0 Å². The number of ketones is 4. The number of hydrogen-bond donors (Lipinski definition) is 8. The van der Waals surface area contributed by atoms with E-state index in [-0.39, 0.29) is 111 Å². The molecule has 438 valence electrons. The molecule has 0 bridgehead atoms. The molecule has 75 heavy (non-hydrogen) atoms. The van der Waals surface area contributed by atoms with Gasteiger partial charge in [0.15, 0.2) is 5.78 Å². The van der Waals surface area contributed by atoms with Crippen LogP contribution >= 0.6 is 0 Å². The zero-order valence-corrected chi connectivity index (χ0v) is 50.1. The first-order valence-corrected chi connectivity index (χ1v) is 26.5. The summed E-state index contributed by atoms with van der Waals surface area (Å²) in [4.78, 5) is 94.8. The molecule has 0 spiro atoms. The number of Topliss-reactive ketones (excluding diaryl/α,β-unsaturated/α-hetero) is 4. The Balaban J connectivity index is -0.000000309. The second kappa shape index (κ2) is 40.6. The highest BCUT2D eigenvalue weighted by atomic mass is 16.6. The molecule has 0 aliphatic heterocycles. The molecule has 1 aromatic rings. The third-order valence-corrected chi connectivity index (χ3v) is 9.60. The van der Waals surface area contributed by atoms with E-state index in [1.165, 1.54) is 0 Å². The maximum absolute atomic E-state index is 12.6. The number of benzene rings is 1. The lowest BCUT2D eigenvalue weighted by Crippen LogP contribution is -2.47. The minimum atomic E-state index is -0.587. The Morgan fingerprint density at radius 1 is 0.573 bits per heavy atom. The van der Waals surface area contributed by atoms with Crippen LogP contribution in [0.4, 0.5) is 4.79 Å². The molecule has 0 aromatic heterocycles. The van der Waals surface area contributed by atoms with Crippen LogP contribution in [-0.4, -0.2) is 109 Å². The highest BCUT2D eigenvalue weighted by molar-refractivity contribution is 5.93. The second-order valence-electron chi connectivity index (χ2n) is 24.6. The van der Waals surface area contributed by atoms with E-state index in [0.29, 0.717) is 19.4 Å². The molecule has 0 fully saturated rings. The molecule has 11 N–H and O–H groups in total. The normalized spacial score (nSPS) is 12.8. The van der Waals surface area contributed by atoms with Gasteiger partial charge in [-0.2, -0.15) is 0 Å². The van der Waals surface area contributed by atoms with Crippen LogP contribution in [0, 0.1) is 40.4 Å². The van der Waals surface area contributed by atoms with E-state index in [9.17, 15) is 38.4 Å². The average molecular weight is 1070 g/mol. The summed E-state index contributed by atoms with van der Waals surface area (Å²) >= 11 is 0. The second-order valence-corrected chi connectivity index (χ2v) is 24.6. The molecular formula is C58H112N8O9. The number of ether oxygens (including phenoxy) is 1. The fraction of sp³-hybridized carbons (Fsp3) is 0.759. The molecule has 1 rings (SSSR count). The summed E-state index contributed by atoms with van der Waals surface area (Å²) in [5, 5.41) is 12.9. The van der Waals surface area contributed by atoms with Gasteiger partial charge in [0.2, 0.25) is 17.7 Å². The van der Waals surface area contributed by atoms with Crippen LogP contribution in [0.5, 0.6) is 0 Å². The van der Waals surface area contributed by atoms with Crippen LogP contribution in [-0.2, 0) is 44.7 Å². The summed E-state index contributed by atoms with van der Waals surface area (Å²) in [7, 11) is 0. The number of nitrogens with one attached hydrogen (secondary N) is 5. The van der Waals surface area contributed by atoms with Gasteiger partial charge in [-0.25, -0.2) is 4.79 Å². The first-order chi connectivity index (χ1) is 33.6. The van der Waals surface area contributed by atoms with E-state index in [1.54, 1.807) is 27.7 Å². The SMILES string of the molecule is C.CC(C)(C)C(=O)C(CCCN)CC(=O)C(N)Cc1ccccc1.CC(C)(C)NCC(=O)NCC(=O)NCC(=O)NCCNC(=O)OC(C)(C)C.CC(C)C.CC(C)C.CC(CC(=O)C(N)C(C)C)C(=O)C(C)(C)C. The molecule has 0 saturated carbocycles. The van der Waals surface area contributed by atoms with Gasteiger partial charge in [-0.3, -0.25) is 33.6 Å². The van der Waals surface area contributed by atoms with Gasteiger partial charge in [0.05, 0.1) is 31.7 Å². The van der Waals surface area contributed by atoms with Gasteiger partial charge in [-0.15, -0.1) is 0 Å². The fourth-order valence-corrected chi connectivity index (χ4v) is 5.89. The van der Waals surface area contributed by atoms with Crippen molar-refractivity contribution in [3.8, 4) is 0 Å². The molecule has 0 radical (unpaired) electrons. The summed E-state index contributed by atoms with van der Waals surface area (Å²) in [5.74, 6) is 0.264. The number of nitrogens with two attached hydrogens (primary N) is 3. The topological polar surface area (TPSA) is 284 Å². The smallest absolute Gasteiger partial charge is 0.407 e. The number of hydrogen-bond acceptors (Lipinski definition) is 13. The third kappa shape index (κ3) is 50.0. The fourth-order valence-electron chi connectivity index (χ4n) is 5.89. The number of alkyl carbamates (subject to hydrolysis) is 1. The van der Waals surface area contributed by atoms with E-state index >= 15 is 0 Å². The first kappa shape index (κ1) is 79.3. The Hall–Kier alpha value is -4.58. The van der Waals surface area contributed by atoms with Crippen LogP contribution in [0.1, 0.15) is 184 Å². The van der Waals surface area contributed by atoms with Crippen molar-refractivity contribution in [2.75, 3.05) is 39.3 Å². The molecule has 4 unspecified atom stereocenters. The molecule has 4 atom stereocenters. The summed E-state index contributed by atoms with van der Waals surface area (Å²) in [5.41, 5.74) is 16.8. The Morgan fingerprint density at radius 3 is 1.40 bits per heavy atom. The minimum absolute atomic E-state index is 0. The lowest BCUT2D eigenvalue weighted by Gasteiger charge is -2.25. The van der Waals surface area contributed by atoms with Gasteiger partial charge in [0.25, 0.3) is 0 Å². The number of carbonyl (C=O) groups excluding carboxylic acids is 8. The Labute approximate surface area is 456 Å². The lowest BCUT2D eigenvalue weighted by molar-refractivity contribution is -0.134. The third-order valence-electron chi connectivity index (χ3n) is 9.60. The quantitative estimate of drug-likeness (QED) is 0.0485. The van der Waals surface area contributed by atoms with Crippen molar-refractivity contribution in [1.29, 1.82) is 0 Å². The van der Waals surface area contributed by atoms with E-state index in [2.05, 4.69) is 68.1 Å². The van der Waals surface area contributed by atoms with Gasteiger partial charge in [0.1, 0.15) is 23.0 Å². The van der Waals surface area contributed by atoms with Gasteiger partial charge < -0.3 is 48.5 Å². The van der Waals surface area contributed by atoms with Gasteiger partial charge in [0, 0.05) is 54.1 Å². The number of amides is 4. The Kier molecular flexibility index (Phi) is 43.0.